The molecule has 0 aromatic heterocycles. The summed E-state index contributed by atoms with van der Waals surface area (Å²) in [6, 6.07) is 0. The molecule has 0 spiro atoms. The molecule has 2 saturated heterocycles. The maximum Gasteiger partial charge on any atom is 0.193 e. The number of hydrogen-bond acceptors (Lipinski definition) is 3. The highest BCUT2D eigenvalue weighted by Crippen LogP contribution is 2.18. The van der Waals surface area contributed by atoms with Gasteiger partial charge in [0, 0.05) is 26.2 Å². The Bertz CT molecular complexity index is 414. The van der Waals surface area contributed by atoms with Gasteiger partial charge >= 0.3 is 0 Å². The zero-order valence-electron chi connectivity index (χ0n) is 11.8. The Labute approximate surface area is 116 Å². The van der Waals surface area contributed by atoms with Gasteiger partial charge in [-0.05, 0) is 31.6 Å². The first-order valence-corrected chi connectivity index (χ1v) is 9.16. The van der Waals surface area contributed by atoms with E-state index in [1.165, 1.54) is 12.8 Å². The minimum Gasteiger partial charge on any atom is -0.356 e. The molecule has 0 aromatic carbocycles. The molecule has 2 fully saturated rings. The molecular formula is C13H25N3O2S. The van der Waals surface area contributed by atoms with E-state index in [1.54, 1.807) is 0 Å². The van der Waals surface area contributed by atoms with Crippen LogP contribution in [0.15, 0.2) is 4.99 Å². The van der Waals surface area contributed by atoms with Crippen LogP contribution in [0.5, 0.6) is 0 Å². The van der Waals surface area contributed by atoms with Gasteiger partial charge in [0.05, 0.1) is 11.5 Å². The fourth-order valence-electron chi connectivity index (χ4n) is 2.67. The van der Waals surface area contributed by atoms with E-state index in [9.17, 15) is 8.42 Å². The molecule has 19 heavy (non-hydrogen) atoms. The van der Waals surface area contributed by atoms with Crippen LogP contribution in [-0.4, -0.2) is 57.0 Å². The van der Waals surface area contributed by atoms with Gasteiger partial charge in [-0.2, -0.15) is 0 Å². The Morgan fingerprint density at radius 3 is 2.68 bits per heavy atom. The molecule has 1 atom stereocenters. The Balaban J connectivity index is 1.91. The summed E-state index contributed by atoms with van der Waals surface area (Å²) >= 11 is 0. The zero-order chi connectivity index (χ0) is 13.7. The predicted octanol–water partition coefficient (Wildman–Crippen LogP) is 0.873. The normalized spacial score (nSPS) is 26.9. The molecule has 2 aliphatic heterocycles. The summed E-state index contributed by atoms with van der Waals surface area (Å²) < 4.78 is 22.9. The highest BCUT2D eigenvalue weighted by atomic mass is 32.2. The smallest absolute Gasteiger partial charge is 0.193 e. The van der Waals surface area contributed by atoms with Crippen molar-refractivity contribution in [2.45, 2.75) is 32.6 Å². The third kappa shape index (κ3) is 4.37. The van der Waals surface area contributed by atoms with Crippen LogP contribution in [-0.2, 0) is 9.84 Å². The SMILES string of the molecule is CCCNC(=NCC1CCS(=O)(=O)C1)N1CCCC1. The van der Waals surface area contributed by atoms with E-state index in [4.69, 9.17) is 0 Å². The van der Waals surface area contributed by atoms with E-state index in [0.29, 0.717) is 18.1 Å². The van der Waals surface area contributed by atoms with Crippen molar-refractivity contribution in [2.75, 3.05) is 37.7 Å². The zero-order valence-corrected chi connectivity index (χ0v) is 12.6. The van der Waals surface area contributed by atoms with Crippen LogP contribution < -0.4 is 5.32 Å². The number of likely N-dealkylation sites (tertiary alicyclic amines) is 1. The van der Waals surface area contributed by atoms with E-state index in [2.05, 4.69) is 22.1 Å². The summed E-state index contributed by atoms with van der Waals surface area (Å²) in [6.07, 6.45) is 4.30. The molecule has 2 heterocycles. The quantitative estimate of drug-likeness (QED) is 0.616. The van der Waals surface area contributed by atoms with Gasteiger partial charge in [-0.25, -0.2) is 8.42 Å². The minimum absolute atomic E-state index is 0.214. The van der Waals surface area contributed by atoms with Crippen molar-refractivity contribution in [1.29, 1.82) is 0 Å². The molecule has 0 radical (unpaired) electrons. The summed E-state index contributed by atoms with van der Waals surface area (Å²) in [5.41, 5.74) is 0. The summed E-state index contributed by atoms with van der Waals surface area (Å²) in [7, 11) is -2.78. The van der Waals surface area contributed by atoms with Crippen LogP contribution in [0.3, 0.4) is 0 Å². The van der Waals surface area contributed by atoms with Crippen molar-refractivity contribution in [1.82, 2.24) is 10.2 Å². The number of hydrogen-bond donors (Lipinski definition) is 1. The molecular weight excluding hydrogens is 262 g/mol. The number of guanidine groups is 1. The number of rotatable bonds is 4. The van der Waals surface area contributed by atoms with Crippen molar-refractivity contribution in [3.63, 3.8) is 0 Å². The molecule has 0 aliphatic carbocycles. The minimum atomic E-state index is -2.78. The lowest BCUT2D eigenvalue weighted by molar-refractivity contribution is 0.486. The third-order valence-corrected chi connectivity index (χ3v) is 5.60. The maximum atomic E-state index is 11.4. The second-order valence-corrected chi connectivity index (χ2v) is 7.78. The number of nitrogens with zero attached hydrogens (tertiary/aromatic N) is 2. The second-order valence-electron chi connectivity index (χ2n) is 5.55. The molecule has 0 amide bonds. The van der Waals surface area contributed by atoms with Gasteiger partial charge in [0.1, 0.15) is 0 Å². The first kappa shape index (κ1) is 14.6. The van der Waals surface area contributed by atoms with Crippen molar-refractivity contribution >= 4 is 15.8 Å². The van der Waals surface area contributed by atoms with E-state index in [1.807, 2.05) is 0 Å². The molecule has 0 bridgehead atoms. The van der Waals surface area contributed by atoms with Gasteiger partial charge in [-0.1, -0.05) is 6.92 Å². The van der Waals surface area contributed by atoms with Crippen molar-refractivity contribution in [3.05, 3.63) is 0 Å². The summed E-state index contributed by atoms with van der Waals surface area (Å²) in [5, 5.41) is 3.38. The van der Waals surface area contributed by atoms with Gasteiger partial charge in [-0.15, -0.1) is 0 Å². The summed E-state index contributed by atoms with van der Waals surface area (Å²) in [4.78, 5) is 6.95. The van der Waals surface area contributed by atoms with Crippen molar-refractivity contribution in [3.8, 4) is 0 Å². The Hall–Kier alpha value is -0.780. The van der Waals surface area contributed by atoms with Crippen LogP contribution in [0.25, 0.3) is 0 Å². The van der Waals surface area contributed by atoms with Gasteiger partial charge in [0.25, 0.3) is 0 Å². The molecule has 0 saturated carbocycles. The van der Waals surface area contributed by atoms with E-state index in [-0.39, 0.29) is 5.92 Å². The van der Waals surface area contributed by atoms with E-state index in [0.717, 1.165) is 38.4 Å². The van der Waals surface area contributed by atoms with Gasteiger partial charge in [0.2, 0.25) is 0 Å². The fraction of sp³-hybridized carbons (Fsp3) is 0.923. The molecule has 1 unspecified atom stereocenters. The Morgan fingerprint density at radius 2 is 2.11 bits per heavy atom. The van der Waals surface area contributed by atoms with Gasteiger partial charge in [-0.3, -0.25) is 4.99 Å². The van der Waals surface area contributed by atoms with Crippen molar-refractivity contribution in [2.24, 2.45) is 10.9 Å². The monoisotopic (exact) mass is 287 g/mol. The van der Waals surface area contributed by atoms with E-state index < -0.39 is 9.84 Å². The molecule has 2 aliphatic rings. The van der Waals surface area contributed by atoms with Crippen molar-refractivity contribution < 1.29 is 8.42 Å². The van der Waals surface area contributed by atoms with Crippen LogP contribution in [0.2, 0.25) is 0 Å². The fourth-order valence-corrected chi connectivity index (χ4v) is 4.51. The largest absolute Gasteiger partial charge is 0.356 e. The number of aliphatic imine (C=N–C) groups is 1. The molecule has 1 N–H and O–H groups in total. The maximum absolute atomic E-state index is 11.4. The standard InChI is InChI=1S/C13H25N3O2S/c1-2-6-14-13(16-7-3-4-8-16)15-10-12-5-9-19(17,18)11-12/h12H,2-11H2,1H3,(H,14,15). The summed E-state index contributed by atoms with van der Waals surface area (Å²) in [5.74, 6) is 1.85. The average Bonchev–Trinajstić information content (AvgIpc) is 2.99. The van der Waals surface area contributed by atoms with E-state index >= 15 is 0 Å². The van der Waals surface area contributed by atoms with Gasteiger partial charge in [0.15, 0.2) is 15.8 Å². The first-order chi connectivity index (χ1) is 9.11. The summed E-state index contributed by atoms with van der Waals surface area (Å²) in [6.45, 7) is 5.84. The highest BCUT2D eigenvalue weighted by molar-refractivity contribution is 7.91. The lowest BCUT2D eigenvalue weighted by Gasteiger charge is -2.21. The number of nitrogens with one attached hydrogen (secondary N) is 1. The Kier molecular flexibility index (Phi) is 5.07. The average molecular weight is 287 g/mol. The predicted molar refractivity (Wildman–Crippen MR) is 78.2 cm³/mol. The highest BCUT2D eigenvalue weighted by Gasteiger charge is 2.27. The molecule has 5 nitrogen and oxygen atoms in total. The lowest BCUT2D eigenvalue weighted by atomic mass is 10.1. The molecule has 6 heteroatoms. The Morgan fingerprint density at radius 1 is 1.37 bits per heavy atom. The topological polar surface area (TPSA) is 61.8 Å². The molecule has 2 rings (SSSR count). The van der Waals surface area contributed by atoms with Crippen LogP contribution in [0, 0.1) is 5.92 Å². The molecule has 110 valence electrons. The van der Waals surface area contributed by atoms with Gasteiger partial charge < -0.3 is 10.2 Å². The second kappa shape index (κ2) is 6.59. The lowest BCUT2D eigenvalue weighted by Crippen LogP contribution is -2.40. The first-order valence-electron chi connectivity index (χ1n) is 7.34. The van der Waals surface area contributed by atoms with Crippen LogP contribution in [0.4, 0.5) is 0 Å². The van der Waals surface area contributed by atoms with Crippen LogP contribution >= 0.6 is 0 Å². The third-order valence-electron chi connectivity index (χ3n) is 3.76. The molecule has 0 aromatic rings. The number of sulfone groups is 1. The van der Waals surface area contributed by atoms with Crippen LogP contribution in [0.1, 0.15) is 32.6 Å².